The lowest BCUT2D eigenvalue weighted by atomic mass is 9.80. The minimum absolute atomic E-state index is 0. The van der Waals surface area contributed by atoms with Crippen LogP contribution in [0.2, 0.25) is 20.1 Å². The van der Waals surface area contributed by atoms with Crippen molar-refractivity contribution in [3.63, 3.8) is 0 Å². The first-order valence-corrected chi connectivity index (χ1v) is 24.3. The standard InChI is InChI=1S/C19H11ClFN5S.C7H5BClNO2S.C7H4BrClN2S.C7H3BrClNS.CH4/c20-13-7-11(8-14-16(13)24-9-27-14)17-15(10-1-3-12(21)4-2-10)25-18(22)19-23-5-6-26(17)19;9-5-1-4(8(11)12)2-6-7(5)10-3-13-6;8-3-1-4(9)6-5(2-3)12-7(10)11-6;8-4-1-5(9)7-6(2-4)11-3-10-7;/h1-9H,(H2,22,25);1-3,11-12H;1-2H,(H2,10,11);1-3H;1H4. The van der Waals surface area contributed by atoms with Crippen molar-refractivity contribution in [1.82, 2.24) is 34.3 Å². The van der Waals surface area contributed by atoms with Gasteiger partial charge in [0.2, 0.25) is 0 Å². The average molecular weight is 1140 g/mol. The number of thiazole rings is 4. The van der Waals surface area contributed by atoms with Crippen LogP contribution in [-0.4, -0.2) is 51.5 Å². The van der Waals surface area contributed by atoms with Crippen molar-refractivity contribution in [1.29, 1.82) is 0 Å². The topological polar surface area (TPSA) is 174 Å². The molecule has 6 aromatic heterocycles. The van der Waals surface area contributed by atoms with Crippen LogP contribution in [0.3, 0.4) is 0 Å². The van der Waals surface area contributed by atoms with E-state index in [1.807, 2.05) is 47.0 Å². The molecule has 6 N–H and O–H groups in total. The zero-order valence-corrected chi connectivity index (χ0v) is 40.8. The first kappa shape index (κ1) is 47.9. The zero-order chi connectivity index (χ0) is 44.5. The van der Waals surface area contributed by atoms with E-state index >= 15 is 0 Å². The fourth-order valence-corrected chi connectivity index (χ4v) is 11.9. The van der Waals surface area contributed by atoms with Gasteiger partial charge in [-0.2, -0.15) is 0 Å². The molecule has 11 nitrogen and oxygen atoms in total. The van der Waals surface area contributed by atoms with Gasteiger partial charge in [0.05, 0.1) is 83.4 Å². The highest BCUT2D eigenvalue weighted by atomic mass is 79.9. The van der Waals surface area contributed by atoms with Crippen LogP contribution in [0.5, 0.6) is 0 Å². The molecule has 0 unspecified atom stereocenters. The molecule has 0 saturated carbocycles. The molecule has 11 rings (SSSR count). The van der Waals surface area contributed by atoms with Crippen LogP contribution in [0, 0.1) is 5.82 Å². The van der Waals surface area contributed by atoms with Crippen molar-refractivity contribution in [2.75, 3.05) is 11.5 Å². The highest BCUT2D eigenvalue weighted by molar-refractivity contribution is 9.10. The van der Waals surface area contributed by atoms with Gasteiger partial charge in [0.15, 0.2) is 16.6 Å². The summed E-state index contributed by atoms with van der Waals surface area (Å²) in [7, 11) is -1.48. The summed E-state index contributed by atoms with van der Waals surface area (Å²) < 4.78 is 21.2. The lowest BCUT2D eigenvalue weighted by Crippen LogP contribution is -2.29. The van der Waals surface area contributed by atoms with Crippen LogP contribution >= 0.6 is 124 Å². The van der Waals surface area contributed by atoms with Crippen LogP contribution in [-0.2, 0) is 0 Å². The van der Waals surface area contributed by atoms with Crippen molar-refractivity contribution in [2.24, 2.45) is 0 Å². The maximum absolute atomic E-state index is 13.4. The second kappa shape index (κ2) is 20.6. The first-order valence-electron chi connectivity index (χ1n) is 17.7. The van der Waals surface area contributed by atoms with Gasteiger partial charge < -0.3 is 21.5 Å². The summed E-state index contributed by atoms with van der Waals surface area (Å²) in [5.41, 5.74) is 24.0. The van der Waals surface area contributed by atoms with Gasteiger partial charge in [0, 0.05) is 32.5 Å². The number of aromatic nitrogens is 7. The van der Waals surface area contributed by atoms with Crippen LogP contribution < -0.4 is 16.9 Å². The molecule has 6 heterocycles. The van der Waals surface area contributed by atoms with Crippen LogP contribution in [0.4, 0.5) is 15.3 Å². The molecule has 324 valence electrons. The molecule has 0 aliphatic heterocycles. The summed E-state index contributed by atoms with van der Waals surface area (Å²) in [4.78, 5) is 25.4. The maximum Gasteiger partial charge on any atom is 0.488 e. The minimum atomic E-state index is -1.48. The molecule has 5 aromatic carbocycles. The summed E-state index contributed by atoms with van der Waals surface area (Å²) in [5, 5.41) is 20.7. The van der Waals surface area contributed by atoms with Gasteiger partial charge in [-0.25, -0.2) is 34.3 Å². The number of hydrogen-bond donors (Lipinski definition) is 4. The smallest absolute Gasteiger partial charge is 0.423 e. The number of fused-ring (bicyclic) bond motifs is 5. The number of hydrogen-bond acceptors (Lipinski definition) is 14. The third-order valence-electron chi connectivity index (χ3n) is 8.84. The molecule has 0 spiro atoms. The summed E-state index contributed by atoms with van der Waals surface area (Å²) in [5.74, 6) is -0.0147. The van der Waals surface area contributed by atoms with Crippen molar-refractivity contribution < 1.29 is 14.4 Å². The highest BCUT2D eigenvalue weighted by Crippen LogP contribution is 2.38. The molecule has 0 fully saturated rings. The molecule has 0 amide bonds. The summed E-state index contributed by atoms with van der Waals surface area (Å²) in [6.45, 7) is 0. The van der Waals surface area contributed by atoms with Gasteiger partial charge in [0.1, 0.15) is 11.3 Å². The molecular weight excluding hydrogens is 1110 g/mol. The zero-order valence-electron chi connectivity index (χ0n) is 31.4. The SMILES string of the molecule is C.Clc1cc(Br)cc2scnc12.Nc1nc(-c2ccc(F)cc2)c(-c2cc(Cl)c3ncsc3c2)n2ccnc12.Nc1nc2c(Cl)cc(Br)cc2s1.OB(O)c1cc(Cl)c2ncsc2c1. The van der Waals surface area contributed by atoms with E-state index in [4.69, 9.17) is 67.9 Å². The number of imidazole rings is 1. The van der Waals surface area contributed by atoms with Crippen LogP contribution in [0.15, 0.2) is 111 Å². The quantitative estimate of drug-likeness (QED) is 0.125. The molecule has 0 aliphatic rings. The van der Waals surface area contributed by atoms with E-state index in [2.05, 4.69) is 61.8 Å². The number of anilines is 2. The lowest BCUT2D eigenvalue weighted by Gasteiger charge is -2.14. The molecule has 0 saturated heterocycles. The molecular formula is C41H27BBr2Cl4FN9O2S4. The Bertz CT molecular complexity index is 3440. The van der Waals surface area contributed by atoms with E-state index in [1.54, 1.807) is 52.3 Å². The predicted molar refractivity (Wildman–Crippen MR) is 277 cm³/mol. The van der Waals surface area contributed by atoms with Crippen LogP contribution in [0.1, 0.15) is 7.43 Å². The van der Waals surface area contributed by atoms with Gasteiger partial charge in [-0.05, 0) is 78.3 Å². The monoisotopic (exact) mass is 1130 g/mol. The molecule has 23 heteroatoms. The second-order valence-corrected chi connectivity index (χ2v) is 20.1. The van der Waals surface area contributed by atoms with E-state index in [1.165, 1.54) is 52.2 Å². The van der Waals surface area contributed by atoms with E-state index in [0.29, 0.717) is 53.4 Å². The van der Waals surface area contributed by atoms with Gasteiger partial charge in [-0.1, -0.05) is 97.0 Å². The van der Waals surface area contributed by atoms with Gasteiger partial charge in [-0.15, -0.1) is 34.0 Å². The van der Waals surface area contributed by atoms with Gasteiger partial charge in [-0.3, -0.25) is 4.40 Å². The maximum atomic E-state index is 13.4. The Kier molecular flexibility index (Phi) is 15.4. The first-order chi connectivity index (χ1) is 30.2. The number of halogens is 7. The van der Waals surface area contributed by atoms with E-state index in [0.717, 1.165) is 61.1 Å². The molecule has 64 heavy (non-hydrogen) atoms. The van der Waals surface area contributed by atoms with Gasteiger partial charge in [0.25, 0.3) is 0 Å². The highest BCUT2D eigenvalue weighted by Gasteiger charge is 2.19. The third kappa shape index (κ3) is 10.5. The van der Waals surface area contributed by atoms with Crippen molar-refractivity contribution in [3.8, 4) is 22.5 Å². The van der Waals surface area contributed by atoms with E-state index in [-0.39, 0.29) is 13.2 Å². The lowest BCUT2D eigenvalue weighted by molar-refractivity contribution is 0.426. The normalized spacial score (nSPS) is 10.9. The Labute approximate surface area is 416 Å². The van der Waals surface area contributed by atoms with Crippen molar-refractivity contribution in [3.05, 3.63) is 137 Å². The molecule has 11 aromatic rings. The Hall–Kier alpha value is -4.09. The van der Waals surface area contributed by atoms with Crippen molar-refractivity contribution >= 4 is 194 Å². The molecule has 0 aliphatic carbocycles. The van der Waals surface area contributed by atoms with Gasteiger partial charge >= 0.3 is 7.12 Å². The number of nitrogens with zero attached hydrogens (tertiary/aromatic N) is 7. The Morgan fingerprint density at radius 2 is 1.16 bits per heavy atom. The Balaban J connectivity index is 0.000000139. The minimum Gasteiger partial charge on any atom is -0.423 e. The van der Waals surface area contributed by atoms with Crippen molar-refractivity contribution in [2.45, 2.75) is 7.43 Å². The average Bonchev–Trinajstić information content (AvgIpc) is 4.09. The third-order valence-corrected chi connectivity index (χ3v) is 14.1. The largest absolute Gasteiger partial charge is 0.488 e. The molecule has 0 radical (unpaired) electrons. The number of benzene rings is 5. The predicted octanol–water partition coefficient (Wildman–Crippen LogP) is 13.3. The number of nitrogens with two attached hydrogens (primary N) is 2. The Morgan fingerprint density at radius 3 is 1.77 bits per heavy atom. The number of rotatable bonds is 3. The summed E-state index contributed by atoms with van der Waals surface area (Å²) >= 11 is 36.8. The molecule has 0 bridgehead atoms. The Morgan fingerprint density at radius 1 is 0.625 bits per heavy atom. The summed E-state index contributed by atoms with van der Waals surface area (Å²) in [6.07, 6.45) is 3.48. The summed E-state index contributed by atoms with van der Waals surface area (Å²) in [6, 6.07) is 20.8. The van der Waals surface area contributed by atoms with Crippen LogP contribution in [0.25, 0.3) is 69.0 Å². The van der Waals surface area contributed by atoms with E-state index in [9.17, 15) is 4.39 Å². The molecule has 0 atom stereocenters. The van der Waals surface area contributed by atoms with E-state index < -0.39 is 7.12 Å². The fourth-order valence-electron chi connectivity index (χ4n) is 6.12. The second-order valence-electron chi connectivity index (χ2n) is 12.9. The number of nitrogen functional groups attached to an aromatic ring is 2. The fraction of sp³-hybridized carbons (Fsp3) is 0.0244.